The third kappa shape index (κ3) is 8.85. The Morgan fingerprint density at radius 3 is 2.41 bits per heavy atom. The third-order valence-electron chi connectivity index (χ3n) is 7.27. The zero-order chi connectivity index (χ0) is 28.6. The lowest BCUT2D eigenvalue weighted by atomic mass is 9.95. The molecule has 1 N–H and O–H groups in total. The lowest BCUT2D eigenvalue weighted by Gasteiger charge is -2.33. The molecule has 0 unspecified atom stereocenters. The van der Waals surface area contributed by atoms with Gasteiger partial charge in [-0.15, -0.1) is 0 Å². The van der Waals surface area contributed by atoms with Crippen molar-refractivity contribution < 1.29 is 18.0 Å². The van der Waals surface area contributed by atoms with Crippen molar-refractivity contribution in [3.63, 3.8) is 0 Å². The molecule has 7 nitrogen and oxygen atoms in total. The first-order chi connectivity index (χ1) is 18.5. The van der Waals surface area contributed by atoms with Crippen LogP contribution in [0.5, 0.6) is 0 Å². The summed E-state index contributed by atoms with van der Waals surface area (Å²) in [7, 11) is -3.68. The zero-order valence-electron chi connectivity index (χ0n) is 23.0. The van der Waals surface area contributed by atoms with Crippen LogP contribution in [0.1, 0.15) is 69.4 Å². The van der Waals surface area contributed by atoms with E-state index in [0.29, 0.717) is 18.0 Å². The molecule has 2 aromatic rings. The molecule has 1 aliphatic carbocycles. The minimum atomic E-state index is -3.68. The summed E-state index contributed by atoms with van der Waals surface area (Å²) in [5, 5.41) is 3.80. The fraction of sp³-hybridized carbons (Fsp3) is 0.517. The minimum Gasteiger partial charge on any atom is -0.352 e. The van der Waals surface area contributed by atoms with Crippen LogP contribution < -0.4 is 9.62 Å². The Hall–Kier alpha value is -2.29. The second-order valence-corrected chi connectivity index (χ2v) is 13.0. The highest BCUT2D eigenvalue weighted by molar-refractivity contribution is 7.92. The van der Waals surface area contributed by atoms with E-state index in [9.17, 15) is 18.0 Å². The number of amides is 2. The van der Waals surface area contributed by atoms with E-state index in [1.807, 2.05) is 38.1 Å². The highest BCUT2D eigenvalue weighted by Gasteiger charge is 2.31. The molecule has 0 aliphatic heterocycles. The van der Waals surface area contributed by atoms with Gasteiger partial charge in [-0.3, -0.25) is 13.9 Å². The van der Waals surface area contributed by atoms with Crippen LogP contribution in [-0.2, 0) is 26.2 Å². The molecule has 214 valence electrons. The predicted molar refractivity (Wildman–Crippen MR) is 159 cm³/mol. The van der Waals surface area contributed by atoms with E-state index in [1.54, 1.807) is 17.0 Å². The molecular formula is C29H39Cl2N3O4S. The normalized spacial score (nSPS) is 15.0. The van der Waals surface area contributed by atoms with Crippen LogP contribution in [0.3, 0.4) is 0 Å². The van der Waals surface area contributed by atoms with Crippen LogP contribution in [0, 0.1) is 6.92 Å². The second-order valence-electron chi connectivity index (χ2n) is 10.3. The number of anilines is 1. The molecule has 3 rings (SSSR count). The molecule has 0 radical (unpaired) electrons. The zero-order valence-corrected chi connectivity index (χ0v) is 25.3. The first-order valence-corrected chi connectivity index (χ1v) is 16.2. The number of benzene rings is 2. The maximum absolute atomic E-state index is 13.7. The number of nitrogens with zero attached hydrogens (tertiary/aromatic N) is 2. The van der Waals surface area contributed by atoms with Gasteiger partial charge >= 0.3 is 0 Å². The Morgan fingerprint density at radius 2 is 1.77 bits per heavy atom. The Morgan fingerprint density at radius 1 is 1.08 bits per heavy atom. The van der Waals surface area contributed by atoms with E-state index in [-0.39, 0.29) is 48.0 Å². The number of sulfonamides is 1. The van der Waals surface area contributed by atoms with Gasteiger partial charge < -0.3 is 10.2 Å². The molecule has 0 spiro atoms. The van der Waals surface area contributed by atoms with Crippen molar-refractivity contribution in [2.45, 2.75) is 83.8 Å². The molecule has 10 heteroatoms. The summed E-state index contributed by atoms with van der Waals surface area (Å²) in [6, 6.07) is 12.0. The van der Waals surface area contributed by atoms with Crippen LogP contribution in [0.2, 0.25) is 10.0 Å². The quantitative estimate of drug-likeness (QED) is 0.321. The minimum absolute atomic E-state index is 0.0495. The third-order valence-corrected chi connectivity index (χ3v) is 9.00. The van der Waals surface area contributed by atoms with Crippen molar-refractivity contribution in [1.29, 1.82) is 0 Å². The summed E-state index contributed by atoms with van der Waals surface area (Å²) < 4.78 is 26.4. The van der Waals surface area contributed by atoms with Gasteiger partial charge in [0.15, 0.2) is 0 Å². The van der Waals surface area contributed by atoms with E-state index in [4.69, 9.17) is 23.2 Å². The van der Waals surface area contributed by atoms with Gasteiger partial charge in [0.1, 0.15) is 6.04 Å². The van der Waals surface area contributed by atoms with Gasteiger partial charge in [0.25, 0.3) is 0 Å². The van der Waals surface area contributed by atoms with Gasteiger partial charge in [0.05, 0.1) is 17.0 Å². The molecule has 2 amide bonds. The molecule has 0 saturated heterocycles. The van der Waals surface area contributed by atoms with Crippen LogP contribution in [0.25, 0.3) is 0 Å². The first-order valence-electron chi connectivity index (χ1n) is 13.6. The van der Waals surface area contributed by atoms with E-state index in [1.165, 1.54) is 16.8 Å². The summed E-state index contributed by atoms with van der Waals surface area (Å²) in [5.74, 6) is -0.329. The lowest BCUT2D eigenvalue weighted by Crippen LogP contribution is -2.51. The Kier molecular flexibility index (Phi) is 11.5. The Balaban J connectivity index is 1.79. The van der Waals surface area contributed by atoms with E-state index < -0.39 is 16.1 Å². The second kappa shape index (κ2) is 14.4. The van der Waals surface area contributed by atoms with E-state index in [2.05, 4.69) is 5.32 Å². The van der Waals surface area contributed by atoms with Crippen molar-refractivity contribution in [2.24, 2.45) is 0 Å². The number of rotatable bonds is 12. The highest BCUT2D eigenvalue weighted by atomic mass is 35.5. The van der Waals surface area contributed by atoms with Crippen molar-refractivity contribution in [1.82, 2.24) is 10.2 Å². The van der Waals surface area contributed by atoms with Crippen molar-refractivity contribution >= 4 is 50.7 Å². The summed E-state index contributed by atoms with van der Waals surface area (Å²) >= 11 is 12.4. The summed E-state index contributed by atoms with van der Waals surface area (Å²) in [4.78, 5) is 28.7. The van der Waals surface area contributed by atoms with Crippen LogP contribution in [0.4, 0.5) is 5.69 Å². The Labute approximate surface area is 242 Å². The van der Waals surface area contributed by atoms with Gasteiger partial charge in [-0.05, 0) is 61.9 Å². The van der Waals surface area contributed by atoms with Crippen LogP contribution in [-0.4, -0.2) is 50.0 Å². The average molecular weight is 597 g/mol. The van der Waals surface area contributed by atoms with Gasteiger partial charge in [0, 0.05) is 30.6 Å². The fourth-order valence-electron chi connectivity index (χ4n) is 5.09. The smallest absolute Gasteiger partial charge is 0.243 e. The number of carbonyl (C=O) groups excluding carboxylic acids is 2. The van der Waals surface area contributed by atoms with E-state index >= 15 is 0 Å². The standard InChI is InChI=1S/C29H39Cl2N3O4S/c1-4-26(29(36)32-24-13-6-5-7-14-24)33(20-22-12-9-8-11-21(22)2)28(35)15-10-18-34(39(3,37)38)27-19-23(30)16-17-25(27)31/h8-9,11-12,16-17,19,24,26H,4-7,10,13-15,18,20H2,1-3H3,(H,32,36)/t26-/m1/s1. The molecule has 1 atom stereocenters. The maximum atomic E-state index is 13.7. The summed E-state index contributed by atoms with van der Waals surface area (Å²) in [6.45, 7) is 4.25. The molecule has 1 fully saturated rings. The fourth-order valence-corrected chi connectivity index (χ4v) is 6.50. The summed E-state index contributed by atoms with van der Waals surface area (Å²) in [6.07, 6.45) is 7.20. The predicted octanol–water partition coefficient (Wildman–Crippen LogP) is 6.10. The number of aryl methyl sites for hydroxylation is 1. The molecule has 1 saturated carbocycles. The largest absolute Gasteiger partial charge is 0.352 e. The van der Waals surface area contributed by atoms with Crippen molar-refractivity contribution in [3.05, 3.63) is 63.6 Å². The SMILES string of the molecule is CC[C@H](C(=O)NC1CCCCC1)N(Cc1ccccc1C)C(=O)CCCN(c1cc(Cl)ccc1Cl)S(C)(=O)=O. The number of hydrogen-bond donors (Lipinski definition) is 1. The number of halogens is 2. The molecule has 0 heterocycles. The number of nitrogens with one attached hydrogen (secondary N) is 1. The molecule has 0 bridgehead atoms. The number of carbonyl (C=O) groups is 2. The topological polar surface area (TPSA) is 86.8 Å². The van der Waals surface area contributed by atoms with Gasteiger partial charge in [-0.2, -0.15) is 0 Å². The van der Waals surface area contributed by atoms with E-state index in [0.717, 1.165) is 43.1 Å². The molecule has 1 aliphatic rings. The van der Waals surface area contributed by atoms with Crippen molar-refractivity contribution in [2.75, 3.05) is 17.1 Å². The molecule has 2 aromatic carbocycles. The first kappa shape index (κ1) is 31.2. The van der Waals surface area contributed by atoms with Gasteiger partial charge in [0.2, 0.25) is 21.8 Å². The van der Waals surface area contributed by atoms with Crippen molar-refractivity contribution in [3.8, 4) is 0 Å². The average Bonchev–Trinajstić information content (AvgIpc) is 2.89. The lowest BCUT2D eigenvalue weighted by molar-refractivity contribution is -0.141. The molecular weight excluding hydrogens is 557 g/mol. The van der Waals surface area contributed by atoms with Crippen LogP contribution in [0.15, 0.2) is 42.5 Å². The number of hydrogen-bond acceptors (Lipinski definition) is 4. The summed E-state index contributed by atoms with van der Waals surface area (Å²) in [5.41, 5.74) is 2.28. The molecule has 39 heavy (non-hydrogen) atoms. The maximum Gasteiger partial charge on any atom is 0.243 e. The van der Waals surface area contributed by atoms with Crippen LogP contribution >= 0.6 is 23.2 Å². The Bertz CT molecular complexity index is 1250. The highest BCUT2D eigenvalue weighted by Crippen LogP contribution is 2.31. The van der Waals surface area contributed by atoms with Gasteiger partial charge in [-0.1, -0.05) is 73.7 Å². The monoisotopic (exact) mass is 595 g/mol. The van der Waals surface area contributed by atoms with Gasteiger partial charge in [-0.25, -0.2) is 8.42 Å². The molecule has 0 aromatic heterocycles.